The summed E-state index contributed by atoms with van der Waals surface area (Å²) in [6.07, 6.45) is 0. The normalized spacial score (nSPS) is 9.83. The van der Waals surface area contributed by atoms with Crippen LogP contribution < -0.4 is 58.7 Å². The van der Waals surface area contributed by atoms with E-state index >= 15 is 0 Å². The predicted octanol–water partition coefficient (Wildman–Crippen LogP) is -11.3. The number of rotatable bonds is 0. The van der Waals surface area contributed by atoms with Gasteiger partial charge >= 0.3 is 49.5 Å². The summed E-state index contributed by atoms with van der Waals surface area (Å²) in [7, 11) is -21.6. The van der Waals surface area contributed by atoms with Crippen LogP contribution in [0.4, 0.5) is 0 Å². The first-order chi connectivity index (χ1) is 8.00. The summed E-state index contributed by atoms with van der Waals surface area (Å²) in [6.45, 7) is 0. The van der Waals surface area contributed by atoms with E-state index in [4.69, 9.17) is 77.0 Å². The fourth-order valence-corrected chi connectivity index (χ4v) is 0. The van der Waals surface area contributed by atoms with Gasteiger partial charge in [-0.25, -0.2) is 0 Å². The molecule has 0 unspecified atom stereocenters. The summed E-state index contributed by atoms with van der Waals surface area (Å²) < 4.78 is 34.2. The van der Waals surface area contributed by atoms with Crippen molar-refractivity contribution in [3.8, 4) is 0 Å². The number of hydrogen-bond donors (Lipinski definition) is 0. The average Bonchev–Trinajstić information content (AvgIpc) is 1.62. The molecule has 0 bridgehead atoms. The van der Waals surface area contributed by atoms with Gasteiger partial charge in [-0.2, -0.15) is 31.3 Å². The van der Waals surface area contributed by atoms with Gasteiger partial charge in [0.25, 0.3) is 0 Å². The van der Waals surface area contributed by atoms with Gasteiger partial charge in [-0.3, -0.25) is 0 Å². The smallest absolute Gasteiger partial charge is 0.822 e. The van der Waals surface area contributed by atoms with Crippen LogP contribution in [0.3, 0.4) is 0 Å². The minimum Gasteiger partial charge on any atom is -0.822 e. The molecule has 0 radical (unpaired) electrons. The maximum absolute atomic E-state index is 8.55. The molecule has 0 aromatic rings. The molecule has 158 valence electrons. The Labute approximate surface area is 178 Å². The molecular weight excluding hydrogens is 740 g/mol. The molecule has 0 saturated carbocycles. The Kier molecular flexibility index (Phi) is 46.0. The second-order valence-electron chi connectivity index (χ2n) is 1.79. The van der Waals surface area contributed by atoms with Crippen LogP contribution in [-0.4, -0.2) is 0 Å². The van der Waals surface area contributed by atoms with E-state index in [1.165, 1.54) is 0 Å². The molecule has 0 aliphatic carbocycles. The molecule has 0 amide bonds. The molecule has 0 saturated heterocycles. The Balaban J connectivity index is -0.0000000225. The molecule has 0 aliphatic heterocycles. The van der Waals surface area contributed by atoms with E-state index in [9.17, 15) is 0 Å². The topological polar surface area (TPSA) is 345 Å². The van der Waals surface area contributed by atoms with E-state index in [0.717, 1.165) is 0 Å². The summed E-state index contributed by atoms with van der Waals surface area (Å²) in [5.41, 5.74) is 0. The molecule has 0 rings (SSSR count). The van der Waals surface area contributed by atoms with Crippen molar-refractivity contribution in [1.82, 2.24) is 0 Å². The fourth-order valence-electron chi connectivity index (χ4n) is 0. The third-order valence-electron chi connectivity index (χ3n) is 0. The van der Waals surface area contributed by atoms with Crippen LogP contribution in [-0.2, 0) is 88.8 Å². The zero-order valence-corrected chi connectivity index (χ0v) is 19.2. The van der Waals surface area contributed by atoms with Gasteiger partial charge in [0, 0.05) is 21.1 Å². The molecule has 24 heavy (non-hydrogen) atoms. The molecule has 0 atom stereocenters. The molecule has 24 heteroatoms. The molecule has 0 N–H and O–H groups in total. The van der Waals surface area contributed by atoms with Crippen LogP contribution in [0.25, 0.3) is 0 Å². The summed E-state index contributed by atoms with van der Waals surface area (Å²) in [6, 6.07) is 0. The summed E-state index contributed by atoms with van der Waals surface area (Å²) >= 11 is 0. The van der Waals surface area contributed by atoms with Crippen LogP contribution in [0.15, 0.2) is 0 Å². The van der Waals surface area contributed by atoms with Gasteiger partial charge in [0.05, 0.1) is 0 Å². The van der Waals surface area contributed by atoms with Crippen LogP contribution in [0, 0.1) is 0 Å². The summed E-state index contributed by atoms with van der Waals surface area (Å²) in [5.74, 6) is 0. The van der Waals surface area contributed by atoms with Crippen molar-refractivity contribution in [2.75, 3.05) is 0 Å². The molecule has 0 fully saturated rings. The molecule has 0 aromatic carbocycles. The van der Waals surface area contributed by atoms with Crippen LogP contribution in [0.5, 0.6) is 0 Å². The van der Waals surface area contributed by atoms with Crippen LogP contribution in [0.1, 0.15) is 0 Å². The van der Waals surface area contributed by atoms with Crippen LogP contribution >= 0.6 is 31.3 Å². The van der Waals surface area contributed by atoms with Crippen molar-refractivity contribution in [2.45, 2.75) is 0 Å². The molecule has 0 aromatic heterocycles. The van der Waals surface area contributed by atoms with Crippen molar-refractivity contribution < 1.29 is 148 Å². The number of phosphoric acid groups is 4. The van der Waals surface area contributed by atoms with Gasteiger partial charge in [-0.05, 0) is 0 Å². The molecule has 16 nitrogen and oxygen atoms in total. The molecule has 0 spiro atoms. The molecular formula is Ni3O16P4W-6. The minimum absolute atomic E-state index is 0. The zero-order valence-electron chi connectivity index (χ0n) is 9.68. The average molecular weight is 740 g/mol. The van der Waals surface area contributed by atoms with Gasteiger partial charge < -0.3 is 77.0 Å². The van der Waals surface area contributed by atoms with Crippen molar-refractivity contribution in [2.24, 2.45) is 0 Å². The van der Waals surface area contributed by atoms with E-state index in [1.54, 1.807) is 0 Å². The SMILES string of the molecule is O=P([O-])([O-])[O-].O=P([O-])([O-])[O-].O=P([O-])([O-])[O-].O=P([O-])([O-])[O-].[Ni+2].[Ni+2].[Ni+2].[W]. The summed E-state index contributed by atoms with van der Waals surface area (Å²) in [5, 5.41) is 0. The zero-order chi connectivity index (χ0) is 18.0. The van der Waals surface area contributed by atoms with Crippen LogP contribution in [0.2, 0.25) is 0 Å². The predicted molar refractivity (Wildman–Crippen MR) is 30.4 cm³/mol. The van der Waals surface area contributed by atoms with Gasteiger partial charge in [-0.15, -0.1) is 0 Å². The van der Waals surface area contributed by atoms with Gasteiger partial charge in [0.1, 0.15) is 0 Å². The van der Waals surface area contributed by atoms with E-state index < -0.39 is 31.3 Å². The Morgan fingerprint density at radius 1 is 0.333 bits per heavy atom. The quantitative estimate of drug-likeness (QED) is 0.164. The van der Waals surface area contributed by atoms with Gasteiger partial charge in [0.15, 0.2) is 0 Å². The van der Waals surface area contributed by atoms with Crippen molar-refractivity contribution in [3.05, 3.63) is 0 Å². The third kappa shape index (κ3) is 2020. The van der Waals surface area contributed by atoms with E-state index in [1.807, 2.05) is 0 Å². The third-order valence-corrected chi connectivity index (χ3v) is 0. The maximum Gasteiger partial charge on any atom is 2.00 e. The Morgan fingerprint density at radius 2 is 0.333 bits per heavy atom. The molecule has 0 heterocycles. The second kappa shape index (κ2) is 21.9. The standard InChI is InChI=1S/3Ni.4H3O4P.W/c;;;4*1-5(2,3)4;/h;;;4*(H3,1,2,3,4);/q3*+2;;;;;/p-12. The number of hydrogen-bond acceptors (Lipinski definition) is 16. The maximum atomic E-state index is 8.55. The van der Waals surface area contributed by atoms with Crippen molar-refractivity contribution in [3.63, 3.8) is 0 Å². The van der Waals surface area contributed by atoms with E-state index in [-0.39, 0.29) is 70.5 Å². The first-order valence-electron chi connectivity index (χ1n) is 2.92. The Bertz CT molecular complexity index is 298. The van der Waals surface area contributed by atoms with Gasteiger partial charge in [-0.1, -0.05) is 0 Å². The Morgan fingerprint density at radius 3 is 0.333 bits per heavy atom. The van der Waals surface area contributed by atoms with E-state index in [0.29, 0.717) is 0 Å². The molecule has 0 aliphatic rings. The van der Waals surface area contributed by atoms with Crippen molar-refractivity contribution in [1.29, 1.82) is 0 Å². The van der Waals surface area contributed by atoms with E-state index in [2.05, 4.69) is 0 Å². The Hall–Kier alpha value is 2.61. The van der Waals surface area contributed by atoms with Crippen molar-refractivity contribution >= 4 is 31.3 Å². The second-order valence-corrected chi connectivity index (χ2v) is 5.37. The first kappa shape index (κ1) is 50.4. The van der Waals surface area contributed by atoms with Gasteiger partial charge in [0.2, 0.25) is 0 Å². The largest absolute Gasteiger partial charge is 2.00 e. The summed E-state index contributed by atoms with van der Waals surface area (Å²) in [4.78, 5) is 103. The first-order valence-corrected chi connectivity index (χ1v) is 8.76. The monoisotopic (exact) mass is 738 g/mol. The minimum atomic E-state index is -5.39. The fraction of sp³-hybridized carbons (Fsp3) is 0.